The Bertz CT molecular complexity index is 267. The summed E-state index contributed by atoms with van der Waals surface area (Å²) in [6.07, 6.45) is 2.09. The highest BCUT2D eigenvalue weighted by Gasteiger charge is 2.45. The summed E-state index contributed by atoms with van der Waals surface area (Å²) < 4.78 is 5.23. The average Bonchev–Trinajstić information content (AvgIpc) is 2.70. The van der Waals surface area contributed by atoms with E-state index >= 15 is 0 Å². The quantitative estimate of drug-likeness (QED) is 0.750. The molecule has 0 radical (unpaired) electrons. The van der Waals surface area contributed by atoms with E-state index in [-0.39, 0.29) is 6.09 Å². The van der Waals surface area contributed by atoms with Crippen molar-refractivity contribution in [1.82, 2.24) is 10.6 Å². The van der Waals surface area contributed by atoms with Crippen LogP contribution in [0.3, 0.4) is 0 Å². The van der Waals surface area contributed by atoms with Gasteiger partial charge in [0.25, 0.3) is 0 Å². The van der Waals surface area contributed by atoms with E-state index in [0.717, 1.165) is 25.4 Å². The van der Waals surface area contributed by atoms with Crippen LogP contribution in [-0.4, -0.2) is 30.8 Å². The molecule has 1 aliphatic carbocycles. The van der Waals surface area contributed by atoms with E-state index < -0.39 is 5.60 Å². The summed E-state index contributed by atoms with van der Waals surface area (Å²) in [5.74, 6) is 1.42. The summed E-state index contributed by atoms with van der Waals surface area (Å²) in [6, 6.07) is 0.347. The van der Waals surface area contributed by atoms with Gasteiger partial charge in [0.2, 0.25) is 0 Å². The van der Waals surface area contributed by atoms with E-state index in [2.05, 4.69) is 10.6 Å². The van der Waals surface area contributed by atoms with Crippen molar-refractivity contribution >= 4 is 6.09 Å². The first-order valence-corrected chi connectivity index (χ1v) is 6.16. The highest BCUT2D eigenvalue weighted by Crippen LogP contribution is 2.40. The van der Waals surface area contributed by atoms with Gasteiger partial charge in [-0.3, -0.25) is 0 Å². The second kappa shape index (κ2) is 4.24. The molecule has 1 aliphatic heterocycles. The maximum Gasteiger partial charge on any atom is 0.407 e. The van der Waals surface area contributed by atoms with Crippen LogP contribution in [0.15, 0.2) is 0 Å². The fraction of sp³-hybridized carbons (Fsp3) is 0.917. The monoisotopic (exact) mass is 226 g/mol. The fourth-order valence-corrected chi connectivity index (χ4v) is 2.40. The van der Waals surface area contributed by atoms with E-state index in [0.29, 0.717) is 12.0 Å². The van der Waals surface area contributed by atoms with Crippen molar-refractivity contribution in [3.05, 3.63) is 0 Å². The molecular weight excluding hydrogens is 204 g/mol. The molecule has 4 heteroatoms. The highest BCUT2D eigenvalue weighted by molar-refractivity contribution is 5.68. The molecule has 3 unspecified atom stereocenters. The van der Waals surface area contributed by atoms with Crippen molar-refractivity contribution < 1.29 is 9.53 Å². The molecule has 0 aromatic carbocycles. The number of rotatable bonds is 2. The van der Waals surface area contributed by atoms with Gasteiger partial charge in [-0.2, -0.15) is 0 Å². The third-order valence-corrected chi connectivity index (χ3v) is 3.25. The van der Waals surface area contributed by atoms with Crippen molar-refractivity contribution in [2.45, 2.75) is 45.3 Å². The molecule has 92 valence electrons. The highest BCUT2D eigenvalue weighted by atomic mass is 16.6. The first-order chi connectivity index (χ1) is 7.46. The molecule has 1 amide bonds. The Balaban J connectivity index is 1.70. The zero-order chi connectivity index (χ0) is 11.8. The van der Waals surface area contributed by atoms with Gasteiger partial charge in [0.15, 0.2) is 0 Å². The summed E-state index contributed by atoms with van der Waals surface area (Å²) >= 11 is 0. The maximum absolute atomic E-state index is 11.5. The van der Waals surface area contributed by atoms with Gasteiger partial charge >= 0.3 is 6.09 Å². The predicted molar refractivity (Wildman–Crippen MR) is 62.2 cm³/mol. The lowest BCUT2D eigenvalue weighted by atomic mass is 10.0. The van der Waals surface area contributed by atoms with E-state index in [4.69, 9.17) is 4.74 Å². The normalized spacial score (nSPS) is 33.6. The second-order valence-electron chi connectivity index (χ2n) is 5.91. The number of carbonyl (C=O) groups excluding carboxylic acids is 1. The predicted octanol–water partition coefficient (Wildman–Crippen LogP) is 1.51. The molecule has 2 rings (SSSR count). The van der Waals surface area contributed by atoms with Crippen LogP contribution < -0.4 is 10.6 Å². The largest absolute Gasteiger partial charge is 0.444 e. The minimum absolute atomic E-state index is 0.272. The summed E-state index contributed by atoms with van der Waals surface area (Å²) in [4.78, 5) is 11.5. The zero-order valence-corrected chi connectivity index (χ0v) is 10.4. The first kappa shape index (κ1) is 11.7. The van der Waals surface area contributed by atoms with Gasteiger partial charge in [-0.15, -0.1) is 0 Å². The van der Waals surface area contributed by atoms with Crippen molar-refractivity contribution in [2.75, 3.05) is 13.1 Å². The van der Waals surface area contributed by atoms with Gasteiger partial charge in [-0.05, 0) is 58.5 Å². The number of nitrogens with one attached hydrogen (secondary N) is 2. The Morgan fingerprint density at radius 1 is 1.44 bits per heavy atom. The standard InChI is InChI=1S/C12H22N2O2/c1-12(2,3)16-11(15)14-10-6-9(10)8-4-5-13-7-8/h8-10,13H,4-7H2,1-3H3,(H,14,15). The van der Waals surface area contributed by atoms with Crippen molar-refractivity contribution in [2.24, 2.45) is 11.8 Å². The van der Waals surface area contributed by atoms with E-state index in [9.17, 15) is 4.79 Å². The van der Waals surface area contributed by atoms with Crippen molar-refractivity contribution in [3.8, 4) is 0 Å². The molecule has 0 aromatic rings. The number of alkyl carbamates (subject to hydrolysis) is 1. The Labute approximate surface area is 97.1 Å². The number of hydrogen-bond donors (Lipinski definition) is 2. The van der Waals surface area contributed by atoms with E-state index in [1.807, 2.05) is 20.8 Å². The molecule has 3 atom stereocenters. The number of ether oxygens (including phenoxy) is 1. The number of amides is 1. The van der Waals surface area contributed by atoms with Gasteiger partial charge in [0, 0.05) is 6.04 Å². The summed E-state index contributed by atoms with van der Waals surface area (Å²) in [7, 11) is 0. The van der Waals surface area contributed by atoms with Crippen LogP contribution in [0, 0.1) is 11.8 Å². The Hall–Kier alpha value is -0.770. The Morgan fingerprint density at radius 2 is 2.19 bits per heavy atom. The topological polar surface area (TPSA) is 50.4 Å². The lowest BCUT2D eigenvalue weighted by Gasteiger charge is -2.20. The van der Waals surface area contributed by atoms with Crippen molar-refractivity contribution in [1.29, 1.82) is 0 Å². The third kappa shape index (κ3) is 3.11. The van der Waals surface area contributed by atoms with Crippen molar-refractivity contribution in [3.63, 3.8) is 0 Å². The molecule has 2 aliphatic rings. The number of hydrogen-bond acceptors (Lipinski definition) is 3. The summed E-state index contributed by atoms with van der Waals surface area (Å²) in [6.45, 7) is 7.89. The molecule has 4 nitrogen and oxygen atoms in total. The Kier molecular flexibility index (Phi) is 3.10. The average molecular weight is 226 g/mol. The van der Waals surface area contributed by atoms with Crippen LogP contribution in [0.1, 0.15) is 33.6 Å². The molecule has 2 N–H and O–H groups in total. The second-order valence-corrected chi connectivity index (χ2v) is 5.91. The minimum atomic E-state index is -0.399. The van der Waals surface area contributed by atoms with E-state index in [1.54, 1.807) is 0 Å². The molecule has 0 aromatic heterocycles. The van der Waals surface area contributed by atoms with Crippen LogP contribution in [0.5, 0.6) is 0 Å². The van der Waals surface area contributed by atoms with Gasteiger partial charge < -0.3 is 15.4 Å². The summed E-state index contributed by atoms with van der Waals surface area (Å²) in [5.41, 5.74) is -0.399. The van der Waals surface area contributed by atoms with Crippen LogP contribution in [0.4, 0.5) is 4.79 Å². The minimum Gasteiger partial charge on any atom is -0.444 e. The fourth-order valence-electron chi connectivity index (χ4n) is 2.40. The SMILES string of the molecule is CC(C)(C)OC(=O)NC1CC1C1CCNC1. The molecule has 2 fully saturated rings. The van der Waals surface area contributed by atoms with Crippen LogP contribution in [-0.2, 0) is 4.74 Å². The smallest absolute Gasteiger partial charge is 0.407 e. The first-order valence-electron chi connectivity index (χ1n) is 6.16. The van der Waals surface area contributed by atoms with Gasteiger partial charge in [-0.25, -0.2) is 4.79 Å². The maximum atomic E-state index is 11.5. The lowest BCUT2D eigenvalue weighted by Crippen LogP contribution is -2.34. The molecular formula is C12H22N2O2. The van der Waals surface area contributed by atoms with E-state index in [1.165, 1.54) is 6.42 Å². The van der Waals surface area contributed by atoms with Gasteiger partial charge in [-0.1, -0.05) is 0 Å². The molecule has 0 spiro atoms. The third-order valence-electron chi connectivity index (χ3n) is 3.25. The van der Waals surface area contributed by atoms with Gasteiger partial charge in [0.05, 0.1) is 0 Å². The molecule has 0 bridgehead atoms. The molecule has 1 saturated carbocycles. The number of carbonyl (C=O) groups is 1. The molecule has 1 saturated heterocycles. The summed E-state index contributed by atoms with van der Waals surface area (Å²) in [5, 5.41) is 6.31. The van der Waals surface area contributed by atoms with Crippen LogP contribution in [0.25, 0.3) is 0 Å². The zero-order valence-electron chi connectivity index (χ0n) is 10.4. The Morgan fingerprint density at radius 3 is 2.75 bits per heavy atom. The lowest BCUT2D eigenvalue weighted by molar-refractivity contribution is 0.0519. The molecule has 1 heterocycles. The van der Waals surface area contributed by atoms with Crippen LogP contribution in [0.2, 0.25) is 0 Å². The molecule has 16 heavy (non-hydrogen) atoms. The van der Waals surface area contributed by atoms with Crippen LogP contribution >= 0.6 is 0 Å². The van der Waals surface area contributed by atoms with Gasteiger partial charge in [0.1, 0.15) is 5.60 Å².